The van der Waals surface area contributed by atoms with E-state index >= 15 is 0 Å². The molecular weight excluding hydrogens is 252 g/mol. The van der Waals surface area contributed by atoms with Crippen LogP contribution in [-0.4, -0.2) is 51.3 Å². The zero-order valence-electron chi connectivity index (χ0n) is 10.1. The van der Waals surface area contributed by atoms with Crippen molar-refractivity contribution in [2.75, 3.05) is 13.7 Å². The molecule has 0 aliphatic rings. The summed E-state index contributed by atoms with van der Waals surface area (Å²) in [6.45, 7) is -0.106. The number of aromatic nitrogens is 3. The van der Waals surface area contributed by atoms with Crippen LogP contribution in [0.5, 0.6) is 0 Å². The summed E-state index contributed by atoms with van der Waals surface area (Å²) < 4.78 is 6.31. The van der Waals surface area contributed by atoms with Crippen LogP contribution >= 0.6 is 0 Å². The minimum atomic E-state index is -1.13. The summed E-state index contributed by atoms with van der Waals surface area (Å²) in [5.74, 6) is -1.52. The van der Waals surface area contributed by atoms with Crippen LogP contribution in [0.2, 0.25) is 0 Å². The molecule has 0 saturated carbocycles. The number of methoxy groups -OCH3 is 1. The fourth-order valence-electron chi connectivity index (χ4n) is 1.52. The lowest BCUT2D eigenvalue weighted by molar-refractivity contribution is -0.148. The average molecular weight is 264 g/mol. The number of nitrogens with zero attached hydrogens (tertiary/aromatic N) is 3. The summed E-state index contributed by atoms with van der Waals surface area (Å²) in [4.78, 5) is 22.6. The Morgan fingerprint density at radius 1 is 1.53 bits per heavy atom. The van der Waals surface area contributed by atoms with E-state index in [-0.39, 0.29) is 12.5 Å². The van der Waals surface area contributed by atoms with Crippen molar-refractivity contribution < 1.29 is 19.4 Å². The third-order valence-electron chi connectivity index (χ3n) is 2.56. The maximum absolute atomic E-state index is 11.8. The maximum atomic E-state index is 11.8. The van der Waals surface area contributed by atoms with Gasteiger partial charge < -0.3 is 15.2 Å². The SMILES string of the molecule is COC(CNC(=O)c1ccc2nncn2c1)C(=O)O. The van der Waals surface area contributed by atoms with Crippen LogP contribution in [0.4, 0.5) is 0 Å². The van der Waals surface area contributed by atoms with E-state index < -0.39 is 12.1 Å². The van der Waals surface area contributed by atoms with Crippen LogP contribution in [0.1, 0.15) is 10.4 Å². The van der Waals surface area contributed by atoms with Crippen molar-refractivity contribution in [1.29, 1.82) is 0 Å². The molecule has 0 aliphatic heterocycles. The van der Waals surface area contributed by atoms with Gasteiger partial charge in [0, 0.05) is 13.3 Å². The summed E-state index contributed by atoms with van der Waals surface area (Å²) in [5.41, 5.74) is 1.00. The third-order valence-corrected chi connectivity index (χ3v) is 2.56. The van der Waals surface area contributed by atoms with Crippen molar-refractivity contribution in [2.24, 2.45) is 0 Å². The number of rotatable bonds is 5. The number of hydrogen-bond donors (Lipinski definition) is 2. The molecule has 0 aliphatic carbocycles. The molecular formula is C11H12N4O4. The quantitative estimate of drug-likeness (QED) is 0.758. The molecule has 0 saturated heterocycles. The molecule has 0 aromatic carbocycles. The number of carboxylic acids is 1. The van der Waals surface area contributed by atoms with Gasteiger partial charge in [0.05, 0.1) is 12.1 Å². The highest BCUT2D eigenvalue weighted by Crippen LogP contribution is 2.03. The van der Waals surface area contributed by atoms with Gasteiger partial charge in [-0.25, -0.2) is 4.79 Å². The van der Waals surface area contributed by atoms with Crippen LogP contribution in [0.3, 0.4) is 0 Å². The first-order valence-corrected chi connectivity index (χ1v) is 5.45. The van der Waals surface area contributed by atoms with E-state index in [0.717, 1.165) is 0 Å². The number of hydrogen-bond acceptors (Lipinski definition) is 5. The number of ether oxygens (including phenoxy) is 1. The molecule has 2 rings (SSSR count). The topological polar surface area (TPSA) is 106 Å². The molecule has 2 N–H and O–H groups in total. The van der Waals surface area contributed by atoms with Gasteiger partial charge in [-0.05, 0) is 12.1 Å². The molecule has 2 aromatic rings. The predicted molar refractivity (Wildman–Crippen MR) is 63.8 cm³/mol. The van der Waals surface area contributed by atoms with Crippen molar-refractivity contribution in [2.45, 2.75) is 6.10 Å². The Morgan fingerprint density at radius 3 is 3.00 bits per heavy atom. The van der Waals surface area contributed by atoms with Gasteiger partial charge in [0.2, 0.25) is 0 Å². The number of nitrogens with one attached hydrogen (secondary N) is 1. The lowest BCUT2D eigenvalue weighted by atomic mass is 10.2. The van der Waals surface area contributed by atoms with Crippen molar-refractivity contribution in [3.63, 3.8) is 0 Å². The fraction of sp³-hybridized carbons (Fsp3) is 0.273. The molecule has 8 nitrogen and oxygen atoms in total. The number of aliphatic carboxylic acids is 1. The van der Waals surface area contributed by atoms with Crippen LogP contribution in [0.25, 0.3) is 5.65 Å². The van der Waals surface area contributed by atoms with E-state index in [2.05, 4.69) is 15.5 Å². The first-order valence-electron chi connectivity index (χ1n) is 5.45. The molecule has 1 unspecified atom stereocenters. The molecule has 0 fully saturated rings. The van der Waals surface area contributed by atoms with E-state index in [1.165, 1.54) is 13.4 Å². The van der Waals surface area contributed by atoms with Crippen LogP contribution in [-0.2, 0) is 9.53 Å². The van der Waals surface area contributed by atoms with Crippen LogP contribution in [0, 0.1) is 0 Å². The standard InChI is InChI=1S/C11H12N4O4/c1-19-8(11(17)18)4-12-10(16)7-2-3-9-14-13-6-15(9)5-7/h2-3,5-6,8H,4H2,1H3,(H,12,16)(H,17,18). The zero-order valence-corrected chi connectivity index (χ0v) is 10.1. The Balaban J connectivity index is 2.05. The molecule has 2 aromatic heterocycles. The summed E-state index contributed by atoms with van der Waals surface area (Å²) in [7, 11) is 1.27. The number of pyridine rings is 1. The largest absolute Gasteiger partial charge is 0.479 e. The normalized spacial score (nSPS) is 12.3. The fourth-order valence-corrected chi connectivity index (χ4v) is 1.52. The molecule has 0 spiro atoms. The van der Waals surface area contributed by atoms with Crippen LogP contribution in [0.15, 0.2) is 24.7 Å². The van der Waals surface area contributed by atoms with Crippen molar-refractivity contribution in [3.05, 3.63) is 30.2 Å². The summed E-state index contributed by atoms with van der Waals surface area (Å²) in [6, 6.07) is 3.23. The number of amides is 1. The average Bonchev–Trinajstić information content (AvgIpc) is 2.85. The van der Waals surface area contributed by atoms with Gasteiger partial charge >= 0.3 is 5.97 Å². The summed E-state index contributed by atoms with van der Waals surface area (Å²) >= 11 is 0. The highest BCUT2D eigenvalue weighted by atomic mass is 16.5. The Labute approximate surface area is 108 Å². The highest BCUT2D eigenvalue weighted by molar-refractivity contribution is 5.94. The minimum absolute atomic E-state index is 0.106. The van der Waals surface area contributed by atoms with Crippen molar-refractivity contribution in [3.8, 4) is 0 Å². The number of fused-ring (bicyclic) bond motifs is 1. The van der Waals surface area contributed by atoms with E-state index in [4.69, 9.17) is 9.84 Å². The monoisotopic (exact) mass is 264 g/mol. The first kappa shape index (κ1) is 13.0. The summed E-state index contributed by atoms with van der Waals surface area (Å²) in [5, 5.41) is 18.8. The van der Waals surface area contributed by atoms with E-state index in [1.807, 2.05) is 0 Å². The number of carboxylic acid groups (broad SMARTS) is 1. The lowest BCUT2D eigenvalue weighted by Crippen LogP contribution is -2.37. The van der Waals surface area contributed by atoms with Gasteiger partial charge in [0.15, 0.2) is 11.8 Å². The van der Waals surface area contributed by atoms with Gasteiger partial charge in [0.1, 0.15) is 6.33 Å². The molecule has 0 bridgehead atoms. The van der Waals surface area contributed by atoms with E-state index in [0.29, 0.717) is 11.2 Å². The van der Waals surface area contributed by atoms with Gasteiger partial charge in [-0.15, -0.1) is 10.2 Å². The van der Waals surface area contributed by atoms with Gasteiger partial charge in [-0.2, -0.15) is 0 Å². The second-order valence-electron chi connectivity index (χ2n) is 3.79. The second-order valence-corrected chi connectivity index (χ2v) is 3.79. The molecule has 0 radical (unpaired) electrons. The zero-order chi connectivity index (χ0) is 13.8. The molecule has 1 atom stereocenters. The van der Waals surface area contributed by atoms with Gasteiger partial charge in [-0.1, -0.05) is 0 Å². The number of carbonyl (C=O) groups is 2. The second kappa shape index (κ2) is 5.44. The molecule has 2 heterocycles. The first-order chi connectivity index (χ1) is 9.11. The van der Waals surface area contributed by atoms with Crippen molar-refractivity contribution in [1.82, 2.24) is 19.9 Å². The van der Waals surface area contributed by atoms with Crippen LogP contribution < -0.4 is 5.32 Å². The third kappa shape index (κ3) is 2.86. The minimum Gasteiger partial charge on any atom is -0.479 e. The Hall–Kier alpha value is -2.48. The highest BCUT2D eigenvalue weighted by Gasteiger charge is 2.17. The molecule has 1 amide bonds. The van der Waals surface area contributed by atoms with Gasteiger partial charge in [-0.3, -0.25) is 9.20 Å². The smallest absolute Gasteiger partial charge is 0.334 e. The predicted octanol–water partition coefficient (Wildman–Crippen LogP) is -0.441. The van der Waals surface area contributed by atoms with E-state index in [9.17, 15) is 9.59 Å². The number of carbonyl (C=O) groups excluding carboxylic acids is 1. The Morgan fingerprint density at radius 2 is 2.32 bits per heavy atom. The lowest BCUT2D eigenvalue weighted by Gasteiger charge is -2.11. The Kier molecular flexibility index (Phi) is 3.71. The summed E-state index contributed by atoms with van der Waals surface area (Å²) in [6.07, 6.45) is 1.97. The molecule has 100 valence electrons. The molecule has 8 heteroatoms. The molecule has 19 heavy (non-hydrogen) atoms. The van der Waals surface area contributed by atoms with Gasteiger partial charge in [0.25, 0.3) is 5.91 Å². The Bertz CT molecular complexity index is 610. The van der Waals surface area contributed by atoms with Crippen molar-refractivity contribution >= 4 is 17.5 Å². The van der Waals surface area contributed by atoms with E-state index in [1.54, 1.807) is 22.7 Å². The maximum Gasteiger partial charge on any atom is 0.334 e.